The molecule has 98 valence electrons. The van der Waals surface area contributed by atoms with Crippen molar-refractivity contribution in [3.8, 4) is 0 Å². The fourth-order valence-electron chi connectivity index (χ4n) is 0.864. The van der Waals surface area contributed by atoms with Gasteiger partial charge in [0.25, 0.3) is 0 Å². The molecule has 0 bridgehead atoms. The van der Waals surface area contributed by atoms with Crippen molar-refractivity contribution in [3.05, 3.63) is 0 Å². The van der Waals surface area contributed by atoms with Crippen LogP contribution in [0.5, 0.6) is 0 Å². The van der Waals surface area contributed by atoms with Crippen LogP contribution in [0.15, 0.2) is 0 Å². The zero-order valence-corrected chi connectivity index (χ0v) is 8.88. The molecule has 0 saturated heterocycles. The maximum atomic E-state index is 10.9. The number of esters is 2. The minimum Gasteiger partial charge on any atom is -0.462 e. The molecule has 0 amide bonds. The van der Waals surface area contributed by atoms with E-state index in [4.69, 9.17) is 9.47 Å². The highest BCUT2D eigenvalue weighted by Gasteiger charge is 2.02. The van der Waals surface area contributed by atoms with E-state index in [2.05, 4.69) is 0 Å². The second-order valence-electron chi connectivity index (χ2n) is 2.94. The van der Waals surface area contributed by atoms with Gasteiger partial charge in [-0.1, -0.05) is 28.7 Å². The smallest absolute Gasteiger partial charge is 0.305 e. The van der Waals surface area contributed by atoms with Gasteiger partial charge in [-0.2, -0.15) is 0 Å². The molecule has 4 heteroatoms. The minimum atomic E-state index is -0.237. The molecule has 0 aromatic heterocycles. The van der Waals surface area contributed by atoms with E-state index in [1.807, 2.05) is 13.8 Å². The highest BCUT2D eigenvalue weighted by Crippen LogP contribution is 1.93. The van der Waals surface area contributed by atoms with Crippen LogP contribution in [-0.2, 0) is 19.1 Å². The average molecular weight is 234 g/mol. The predicted octanol–water partition coefficient (Wildman–Crippen LogP) is 2.95. The van der Waals surface area contributed by atoms with Gasteiger partial charge in [0.15, 0.2) is 0 Å². The van der Waals surface area contributed by atoms with Crippen LogP contribution < -0.4 is 0 Å². The van der Waals surface area contributed by atoms with Crippen molar-refractivity contribution >= 4 is 11.9 Å². The summed E-state index contributed by atoms with van der Waals surface area (Å²) >= 11 is 0. The van der Waals surface area contributed by atoms with Crippen molar-refractivity contribution < 1.29 is 19.1 Å². The van der Waals surface area contributed by atoms with Crippen molar-refractivity contribution in [1.82, 2.24) is 0 Å². The fourth-order valence-corrected chi connectivity index (χ4v) is 0.864. The van der Waals surface area contributed by atoms with Crippen LogP contribution in [0.2, 0.25) is 0 Å². The van der Waals surface area contributed by atoms with E-state index < -0.39 is 0 Å². The number of ether oxygens (including phenoxy) is 2. The lowest BCUT2D eigenvalue weighted by Crippen LogP contribution is -2.13. The van der Waals surface area contributed by atoms with E-state index in [9.17, 15) is 9.59 Å². The van der Waals surface area contributed by atoms with Gasteiger partial charge in [-0.05, 0) is 12.8 Å². The molecule has 4 nitrogen and oxygen atoms in total. The molecular formula is C12H26O4. The summed E-state index contributed by atoms with van der Waals surface area (Å²) < 4.78 is 9.59. The van der Waals surface area contributed by atoms with E-state index in [0.717, 1.165) is 12.8 Å². The van der Waals surface area contributed by atoms with Crippen LogP contribution in [0.4, 0.5) is 0 Å². The Morgan fingerprint density at radius 1 is 0.812 bits per heavy atom. The molecule has 0 N–H and O–H groups in total. The molecule has 16 heavy (non-hydrogen) atoms. The van der Waals surface area contributed by atoms with Gasteiger partial charge < -0.3 is 9.47 Å². The van der Waals surface area contributed by atoms with Gasteiger partial charge in [0.2, 0.25) is 0 Å². The van der Waals surface area contributed by atoms with Crippen LogP contribution in [0, 0.1) is 0 Å². The molecule has 0 unspecified atom stereocenters. The summed E-state index contributed by atoms with van der Waals surface area (Å²) in [6.45, 7) is 4.13. The van der Waals surface area contributed by atoms with E-state index in [0.29, 0.717) is 12.8 Å². The van der Waals surface area contributed by atoms with E-state index in [1.165, 1.54) is 0 Å². The van der Waals surface area contributed by atoms with Gasteiger partial charge in [-0.25, -0.2) is 0 Å². The number of hydrogen-bond acceptors (Lipinski definition) is 4. The largest absolute Gasteiger partial charge is 0.462 e. The summed E-state index contributed by atoms with van der Waals surface area (Å²) in [5.74, 6) is -0.474. The van der Waals surface area contributed by atoms with Crippen molar-refractivity contribution in [3.63, 3.8) is 0 Å². The maximum Gasteiger partial charge on any atom is 0.305 e. The Morgan fingerprint density at radius 2 is 1.12 bits per heavy atom. The average Bonchev–Trinajstić information content (AvgIpc) is 2.13. The summed E-state index contributed by atoms with van der Waals surface area (Å²) in [6.07, 6.45) is 2.38. The summed E-state index contributed by atoms with van der Waals surface area (Å²) in [6, 6.07) is 0. The Hall–Kier alpha value is -1.06. The SMILES string of the molecule is C.C.CCCC(=O)OCCOC(=O)CCC. The summed E-state index contributed by atoms with van der Waals surface area (Å²) in [4.78, 5) is 21.7. The molecule has 0 aliphatic rings. The van der Waals surface area contributed by atoms with Gasteiger partial charge in [0, 0.05) is 12.8 Å². The number of rotatable bonds is 7. The molecule has 0 aromatic carbocycles. The van der Waals surface area contributed by atoms with Gasteiger partial charge in [0.1, 0.15) is 13.2 Å². The van der Waals surface area contributed by atoms with Gasteiger partial charge in [0.05, 0.1) is 0 Å². The first-order chi connectivity index (χ1) is 6.70. The lowest BCUT2D eigenvalue weighted by atomic mass is 10.3. The molecule has 0 aromatic rings. The molecule has 0 saturated carbocycles. The molecule has 0 fully saturated rings. The fraction of sp³-hybridized carbons (Fsp3) is 0.833. The molecule has 0 aliphatic heterocycles. The lowest BCUT2D eigenvalue weighted by molar-refractivity contribution is -0.152. The van der Waals surface area contributed by atoms with Crippen LogP contribution in [0.1, 0.15) is 54.4 Å². The van der Waals surface area contributed by atoms with Gasteiger partial charge >= 0.3 is 11.9 Å². The Kier molecular flexibility index (Phi) is 17.7. The van der Waals surface area contributed by atoms with E-state index in [-0.39, 0.29) is 40.0 Å². The molecule has 0 aliphatic carbocycles. The van der Waals surface area contributed by atoms with Crippen molar-refractivity contribution in [1.29, 1.82) is 0 Å². The second kappa shape index (κ2) is 13.9. The standard InChI is InChI=1S/C10H18O4.2CH4/c1-3-5-9(11)13-7-8-14-10(12)6-4-2;;/h3-8H2,1-2H3;2*1H4. The second-order valence-corrected chi connectivity index (χ2v) is 2.94. The Morgan fingerprint density at radius 3 is 1.38 bits per heavy atom. The summed E-state index contributed by atoms with van der Waals surface area (Å²) in [5.41, 5.74) is 0. The number of hydrogen-bond donors (Lipinski definition) is 0. The van der Waals surface area contributed by atoms with Crippen LogP contribution in [0.25, 0.3) is 0 Å². The molecule has 0 spiro atoms. The van der Waals surface area contributed by atoms with Crippen molar-refractivity contribution in [2.75, 3.05) is 13.2 Å². The Labute approximate surface area is 99.3 Å². The van der Waals surface area contributed by atoms with Crippen molar-refractivity contribution in [2.24, 2.45) is 0 Å². The normalized spacial score (nSPS) is 8.38. The number of carbonyl (C=O) groups is 2. The third-order valence-corrected chi connectivity index (χ3v) is 1.52. The first kappa shape index (κ1) is 20.4. The summed E-state index contributed by atoms with van der Waals surface area (Å²) in [7, 11) is 0. The monoisotopic (exact) mass is 234 g/mol. The zero-order valence-electron chi connectivity index (χ0n) is 8.88. The van der Waals surface area contributed by atoms with Crippen LogP contribution in [-0.4, -0.2) is 25.2 Å². The first-order valence-corrected chi connectivity index (χ1v) is 5.02. The topological polar surface area (TPSA) is 52.6 Å². The van der Waals surface area contributed by atoms with Gasteiger partial charge in [-0.3, -0.25) is 9.59 Å². The first-order valence-electron chi connectivity index (χ1n) is 5.02. The third kappa shape index (κ3) is 12.9. The summed E-state index contributed by atoms with van der Waals surface area (Å²) in [5, 5.41) is 0. The van der Waals surface area contributed by atoms with Crippen molar-refractivity contribution in [2.45, 2.75) is 54.4 Å². The predicted molar refractivity (Wildman–Crippen MR) is 65.2 cm³/mol. The third-order valence-electron chi connectivity index (χ3n) is 1.52. The van der Waals surface area contributed by atoms with E-state index >= 15 is 0 Å². The minimum absolute atomic E-state index is 0. The Balaban J connectivity index is -0.000000845. The zero-order chi connectivity index (χ0) is 10.8. The highest BCUT2D eigenvalue weighted by atomic mass is 16.6. The van der Waals surface area contributed by atoms with E-state index in [1.54, 1.807) is 0 Å². The quantitative estimate of drug-likeness (QED) is 0.502. The number of carbonyl (C=O) groups excluding carboxylic acids is 2. The van der Waals surface area contributed by atoms with Gasteiger partial charge in [-0.15, -0.1) is 0 Å². The molecule has 0 atom stereocenters. The molecule has 0 radical (unpaired) electrons. The maximum absolute atomic E-state index is 10.9. The molecule has 0 rings (SSSR count). The lowest BCUT2D eigenvalue weighted by Gasteiger charge is -2.04. The highest BCUT2D eigenvalue weighted by molar-refractivity contribution is 5.70. The Bertz CT molecular complexity index is 158. The molecule has 0 heterocycles. The van der Waals surface area contributed by atoms with Crippen LogP contribution in [0.3, 0.4) is 0 Å². The molecular weight excluding hydrogens is 208 g/mol. The van der Waals surface area contributed by atoms with Crippen LogP contribution >= 0.6 is 0 Å².